The first-order valence-electron chi connectivity index (χ1n) is 8.23. The monoisotopic (exact) mass is 415 g/mol. The second-order valence-electron chi connectivity index (χ2n) is 5.68. The summed E-state index contributed by atoms with van der Waals surface area (Å²) in [5.74, 6) is 0.292. The molecule has 3 rings (SSSR count). The van der Waals surface area contributed by atoms with Gasteiger partial charge < -0.3 is 4.74 Å². The van der Waals surface area contributed by atoms with E-state index in [9.17, 15) is 9.59 Å². The number of amides is 2. The fraction of sp³-hybridized carbons (Fsp3) is 0.211. The highest BCUT2D eigenvalue weighted by atomic mass is 79.9. The lowest BCUT2D eigenvalue weighted by Gasteiger charge is -2.23. The van der Waals surface area contributed by atoms with Gasteiger partial charge in [0, 0.05) is 15.6 Å². The number of nitrogens with zero attached hydrogens (tertiary/aromatic N) is 1. The molecule has 0 spiro atoms. The van der Waals surface area contributed by atoms with Gasteiger partial charge in [-0.25, -0.2) is 4.99 Å². The minimum atomic E-state index is -0.410. The summed E-state index contributed by atoms with van der Waals surface area (Å²) in [4.78, 5) is 29.0. The predicted molar refractivity (Wildman–Crippen MR) is 102 cm³/mol. The van der Waals surface area contributed by atoms with E-state index < -0.39 is 6.04 Å². The van der Waals surface area contributed by atoms with Crippen LogP contribution in [0.15, 0.2) is 58.0 Å². The first kappa shape index (κ1) is 18.1. The molecule has 0 aromatic heterocycles. The number of hydrogen-bond donors (Lipinski definition) is 2. The molecule has 1 aliphatic heterocycles. The Balaban J connectivity index is 1.82. The van der Waals surface area contributed by atoms with Crippen molar-refractivity contribution in [2.45, 2.75) is 19.4 Å². The van der Waals surface area contributed by atoms with Crippen LogP contribution < -0.4 is 15.4 Å². The van der Waals surface area contributed by atoms with E-state index in [1.165, 1.54) is 0 Å². The Hall–Kier alpha value is -2.67. The Morgan fingerprint density at radius 3 is 2.73 bits per heavy atom. The minimum Gasteiger partial charge on any atom is -0.494 e. The third-order valence-corrected chi connectivity index (χ3v) is 4.37. The van der Waals surface area contributed by atoms with Gasteiger partial charge in [0.15, 0.2) is 0 Å². The number of nitrogens with one attached hydrogen (secondary N) is 2. The van der Waals surface area contributed by atoms with Gasteiger partial charge in [-0.3, -0.25) is 20.2 Å². The molecule has 1 atom stereocenters. The van der Waals surface area contributed by atoms with Crippen molar-refractivity contribution < 1.29 is 14.3 Å². The maximum absolute atomic E-state index is 12.4. The van der Waals surface area contributed by atoms with E-state index in [-0.39, 0.29) is 24.2 Å². The van der Waals surface area contributed by atoms with Gasteiger partial charge in [-0.15, -0.1) is 0 Å². The quantitative estimate of drug-likeness (QED) is 0.804. The van der Waals surface area contributed by atoms with Crippen LogP contribution in [0, 0.1) is 0 Å². The van der Waals surface area contributed by atoms with Gasteiger partial charge >= 0.3 is 0 Å². The largest absolute Gasteiger partial charge is 0.494 e. The average molecular weight is 416 g/mol. The van der Waals surface area contributed by atoms with Crippen molar-refractivity contribution in [2.75, 3.05) is 6.61 Å². The molecule has 6 nitrogen and oxygen atoms in total. The van der Waals surface area contributed by atoms with Crippen molar-refractivity contribution in [3.8, 4) is 5.75 Å². The molecule has 0 saturated heterocycles. The van der Waals surface area contributed by atoms with Crippen molar-refractivity contribution in [3.63, 3.8) is 0 Å². The van der Waals surface area contributed by atoms with Crippen molar-refractivity contribution in [3.05, 3.63) is 64.1 Å². The Morgan fingerprint density at radius 2 is 2.00 bits per heavy atom. The van der Waals surface area contributed by atoms with Crippen LogP contribution in [0.1, 0.15) is 35.3 Å². The van der Waals surface area contributed by atoms with E-state index in [1.807, 2.05) is 31.2 Å². The molecular weight excluding hydrogens is 398 g/mol. The first-order valence-corrected chi connectivity index (χ1v) is 9.02. The molecule has 2 aromatic rings. The van der Waals surface area contributed by atoms with Gasteiger partial charge in [0.1, 0.15) is 5.75 Å². The van der Waals surface area contributed by atoms with Crippen molar-refractivity contribution >= 4 is 33.7 Å². The normalized spacial score (nSPS) is 16.5. The molecule has 134 valence electrons. The van der Waals surface area contributed by atoms with Crippen molar-refractivity contribution in [1.82, 2.24) is 10.6 Å². The van der Waals surface area contributed by atoms with Crippen LogP contribution >= 0.6 is 15.9 Å². The van der Waals surface area contributed by atoms with Crippen LogP contribution in [0.4, 0.5) is 0 Å². The Bertz CT molecular complexity index is 849. The Morgan fingerprint density at radius 1 is 1.27 bits per heavy atom. The lowest BCUT2D eigenvalue weighted by Crippen LogP contribution is -2.47. The molecule has 1 heterocycles. The highest BCUT2D eigenvalue weighted by Gasteiger charge is 2.25. The van der Waals surface area contributed by atoms with Crippen LogP contribution in [-0.2, 0) is 4.79 Å². The zero-order valence-electron chi connectivity index (χ0n) is 14.2. The smallest absolute Gasteiger partial charge is 0.257 e. The summed E-state index contributed by atoms with van der Waals surface area (Å²) in [5, 5.41) is 5.27. The third-order valence-electron chi connectivity index (χ3n) is 3.84. The molecule has 0 radical (unpaired) electrons. The van der Waals surface area contributed by atoms with Crippen LogP contribution in [0.5, 0.6) is 5.75 Å². The maximum Gasteiger partial charge on any atom is 0.257 e. The van der Waals surface area contributed by atoms with E-state index in [1.54, 1.807) is 24.3 Å². The lowest BCUT2D eigenvalue weighted by molar-refractivity contribution is -0.120. The highest BCUT2D eigenvalue weighted by Crippen LogP contribution is 2.31. The topological polar surface area (TPSA) is 79.8 Å². The third kappa shape index (κ3) is 4.29. The molecule has 7 heteroatoms. The van der Waals surface area contributed by atoms with Crippen molar-refractivity contribution in [2.24, 2.45) is 4.99 Å². The molecule has 2 amide bonds. The standard InChI is InChI=1S/C19H18BrN3O3/c1-2-26-16-6-4-3-5-14(16)15-11-17(24)22-19(21-15)23-18(25)12-7-9-13(20)10-8-12/h3-10,15H,2,11H2,1H3,(H2,21,22,23,24,25)/t15-/m1/s1. The number of ether oxygens (including phenoxy) is 1. The van der Waals surface area contributed by atoms with Crippen LogP contribution in [0.25, 0.3) is 0 Å². The molecule has 2 aromatic carbocycles. The summed E-state index contributed by atoms with van der Waals surface area (Å²) >= 11 is 3.33. The number of halogens is 1. The van der Waals surface area contributed by atoms with Gasteiger partial charge in [-0.2, -0.15) is 0 Å². The molecule has 1 aliphatic rings. The Labute approximate surface area is 159 Å². The molecule has 26 heavy (non-hydrogen) atoms. The highest BCUT2D eigenvalue weighted by molar-refractivity contribution is 9.10. The zero-order chi connectivity index (χ0) is 18.5. The number of carbonyl (C=O) groups is 2. The second kappa shape index (κ2) is 8.14. The van der Waals surface area contributed by atoms with Gasteiger partial charge in [0.05, 0.1) is 19.1 Å². The Kier molecular flexibility index (Phi) is 5.68. The van der Waals surface area contributed by atoms with E-state index in [4.69, 9.17) is 4.74 Å². The van der Waals surface area contributed by atoms with Crippen LogP contribution in [-0.4, -0.2) is 24.4 Å². The van der Waals surface area contributed by atoms with Gasteiger partial charge in [-0.05, 0) is 37.3 Å². The summed E-state index contributed by atoms with van der Waals surface area (Å²) in [6.07, 6.45) is 0.196. The molecular formula is C19H18BrN3O3. The summed E-state index contributed by atoms with van der Waals surface area (Å²) in [6, 6.07) is 14.0. The molecule has 0 aliphatic carbocycles. The predicted octanol–water partition coefficient (Wildman–Crippen LogP) is 3.19. The number of para-hydroxylation sites is 1. The second-order valence-corrected chi connectivity index (χ2v) is 6.59. The first-order chi connectivity index (χ1) is 12.6. The number of guanidine groups is 1. The fourth-order valence-electron chi connectivity index (χ4n) is 2.66. The molecule has 0 saturated carbocycles. The number of carbonyl (C=O) groups excluding carboxylic acids is 2. The van der Waals surface area contributed by atoms with Crippen LogP contribution in [0.3, 0.4) is 0 Å². The number of hydrogen-bond acceptors (Lipinski definition) is 4. The van der Waals surface area contributed by atoms with E-state index >= 15 is 0 Å². The van der Waals surface area contributed by atoms with Gasteiger partial charge in [0.25, 0.3) is 5.91 Å². The van der Waals surface area contributed by atoms with Crippen LogP contribution in [0.2, 0.25) is 0 Å². The molecule has 0 unspecified atom stereocenters. The summed E-state index contributed by atoms with van der Waals surface area (Å²) < 4.78 is 6.51. The van der Waals surface area contributed by atoms with Gasteiger partial charge in [-0.1, -0.05) is 34.1 Å². The minimum absolute atomic E-state index is 0.144. The van der Waals surface area contributed by atoms with Crippen molar-refractivity contribution in [1.29, 1.82) is 0 Å². The SMILES string of the molecule is CCOc1ccccc1[C@H]1CC(=O)NC(NC(=O)c2ccc(Br)cc2)=N1. The van der Waals surface area contributed by atoms with Gasteiger partial charge in [0.2, 0.25) is 11.9 Å². The number of aliphatic imine (C=N–C) groups is 1. The fourth-order valence-corrected chi connectivity index (χ4v) is 2.92. The van der Waals surface area contributed by atoms with E-state index in [0.29, 0.717) is 17.9 Å². The van der Waals surface area contributed by atoms with E-state index in [0.717, 1.165) is 10.0 Å². The summed E-state index contributed by atoms with van der Waals surface area (Å²) in [6.45, 7) is 2.42. The van der Waals surface area contributed by atoms with E-state index in [2.05, 4.69) is 31.6 Å². The molecule has 0 bridgehead atoms. The number of rotatable bonds is 4. The maximum atomic E-state index is 12.4. The number of benzene rings is 2. The lowest BCUT2D eigenvalue weighted by atomic mass is 10.0. The summed E-state index contributed by atoms with van der Waals surface area (Å²) in [7, 11) is 0. The molecule has 0 fully saturated rings. The average Bonchev–Trinajstić information content (AvgIpc) is 2.62. The summed E-state index contributed by atoms with van der Waals surface area (Å²) in [5.41, 5.74) is 1.29. The molecule has 2 N–H and O–H groups in total. The zero-order valence-corrected chi connectivity index (χ0v) is 15.7.